The molecule has 2 heterocycles. The second-order valence-corrected chi connectivity index (χ2v) is 10.9. The van der Waals surface area contributed by atoms with Crippen molar-refractivity contribution < 1.29 is 17.9 Å². The van der Waals surface area contributed by atoms with Crippen molar-refractivity contribution in [2.24, 2.45) is 0 Å². The molecule has 1 fully saturated rings. The number of likely N-dealkylation sites (N-methyl/N-ethyl adjacent to an activating group) is 1. The summed E-state index contributed by atoms with van der Waals surface area (Å²) in [6.45, 7) is 8.64. The van der Waals surface area contributed by atoms with E-state index in [1.807, 2.05) is 24.3 Å². The molecule has 0 radical (unpaired) electrons. The number of carbonyl (C=O) groups is 1. The fraction of sp³-hybridized carbons (Fsp3) is 0.417. The Labute approximate surface area is 204 Å². The monoisotopic (exact) mass is 502 g/mol. The summed E-state index contributed by atoms with van der Waals surface area (Å²) in [6, 6.07) is 14.0. The highest BCUT2D eigenvalue weighted by Gasteiger charge is 2.27. The molecule has 0 atom stereocenters. The smallest absolute Gasteiger partial charge is 0.260 e. The van der Waals surface area contributed by atoms with Crippen LogP contribution in [0, 0.1) is 0 Å². The number of amides is 1. The van der Waals surface area contributed by atoms with Crippen LogP contribution < -0.4 is 4.90 Å². The van der Waals surface area contributed by atoms with E-state index in [0.717, 1.165) is 29.9 Å². The van der Waals surface area contributed by atoms with Crippen LogP contribution in [0.3, 0.4) is 0 Å². The van der Waals surface area contributed by atoms with E-state index in [0.29, 0.717) is 43.5 Å². The topological polar surface area (TPSA) is 83.1 Å². The molecule has 0 N–H and O–H groups in total. The van der Waals surface area contributed by atoms with Crippen LogP contribution in [0.2, 0.25) is 0 Å². The predicted octanol–water partition coefficient (Wildman–Crippen LogP) is 3.31. The molecule has 8 nitrogen and oxygen atoms in total. The molecule has 1 aliphatic heterocycles. The summed E-state index contributed by atoms with van der Waals surface area (Å²) in [5.41, 5.74) is 1.29. The molecular weight excluding hydrogens is 472 g/mol. The first-order chi connectivity index (χ1) is 16.4. The molecule has 1 aliphatic rings. The lowest BCUT2D eigenvalue weighted by molar-refractivity contribution is 0.0730. The summed E-state index contributed by atoms with van der Waals surface area (Å²) in [5.74, 6) is -0.193. The zero-order valence-electron chi connectivity index (χ0n) is 19.5. The van der Waals surface area contributed by atoms with E-state index < -0.39 is 10.0 Å². The van der Waals surface area contributed by atoms with Crippen molar-refractivity contribution in [3.05, 3.63) is 54.1 Å². The number of morpholine rings is 1. The number of sulfonamides is 1. The van der Waals surface area contributed by atoms with Gasteiger partial charge in [0.1, 0.15) is 0 Å². The Morgan fingerprint density at radius 2 is 1.71 bits per heavy atom. The predicted molar refractivity (Wildman–Crippen MR) is 135 cm³/mol. The molecule has 34 heavy (non-hydrogen) atoms. The second kappa shape index (κ2) is 10.9. The fourth-order valence-corrected chi connectivity index (χ4v) is 6.30. The van der Waals surface area contributed by atoms with E-state index in [1.165, 1.54) is 27.8 Å². The number of ether oxygens (including phenoxy) is 1. The average Bonchev–Trinajstić information content (AvgIpc) is 3.31. The van der Waals surface area contributed by atoms with E-state index in [4.69, 9.17) is 9.72 Å². The Morgan fingerprint density at radius 3 is 2.35 bits per heavy atom. The number of hydrogen-bond donors (Lipinski definition) is 0. The van der Waals surface area contributed by atoms with Gasteiger partial charge in [-0.05, 0) is 49.5 Å². The lowest BCUT2D eigenvalue weighted by atomic mass is 10.2. The number of nitrogens with zero attached hydrogens (tertiary/aromatic N) is 4. The Kier molecular flexibility index (Phi) is 7.95. The van der Waals surface area contributed by atoms with Gasteiger partial charge in [-0.3, -0.25) is 9.69 Å². The molecule has 1 amide bonds. The normalized spacial score (nSPS) is 15.1. The first kappa shape index (κ1) is 24.7. The SMILES string of the molecule is CCN(CC)CCN(C(=O)c1ccc(S(=O)(=O)N2CCOCC2)cc1)c1nc2ccccc2s1. The van der Waals surface area contributed by atoms with Gasteiger partial charge in [0.25, 0.3) is 5.91 Å². The van der Waals surface area contributed by atoms with Gasteiger partial charge in [0.15, 0.2) is 5.13 Å². The molecule has 0 spiro atoms. The summed E-state index contributed by atoms with van der Waals surface area (Å²) < 4.78 is 33.6. The number of benzene rings is 2. The standard InChI is InChI=1S/C24H30N4O4S2/c1-3-26(4-2)13-14-28(24-25-21-7-5-6-8-22(21)33-24)23(29)19-9-11-20(12-10-19)34(30,31)27-15-17-32-18-16-27/h5-12H,3-4,13-18H2,1-2H3. The number of anilines is 1. The Bertz CT molecular complexity index is 1180. The minimum Gasteiger partial charge on any atom is -0.379 e. The molecule has 10 heteroatoms. The minimum absolute atomic E-state index is 0.181. The molecule has 1 saturated heterocycles. The van der Waals surface area contributed by atoms with E-state index in [-0.39, 0.29) is 10.8 Å². The van der Waals surface area contributed by atoms with Gasteiger partial charge in [0.2, 0.25) is 10.0 Å². The van der Waals surface area contributed by atoms with E-state index >= 15 is 0 Å². The van der Waals surface area contributed by atoms with Gasteiger partial charge < -0.3 is 9.64 Å². The minimum atomic E-state index is -3.61. The number of fused-ring (bicyclic) bond motifs is 1. The van der Waals surface area contributed by atoms with Gasteiger partial charge >= 0.3 is 0 Å². The number of aromatic nitrogens is 1. The van der Waals surface area contributed by atoms with E-state index in [1.54, 1.807) is 17.0 Å². The van der Waals surface area contributed by atoms with Gasteiger partial charge in [-0.2, -0.15) is 4.31 Å². The number of para-hydroxylation sites is 1. The molecule has 4 rings (SSSR count). The van der Waals surface area contributed by atoms with Gasteiger partial charge in [-0.25, -0.2) is 13.4 Å². The van der Waals surface area contributed by atoms with Crippen LogP contribution in [0.5, 0.6) is 0 Å². The number of hydrogen-bond acceptors (Lipinski definition) is 7. The highest BCUT2D eigenvalue weighted by molar-refractivity contribution is 7.89. The second-order valence-electron chi connectivity index (χ2n) is 7.99. The molecule has 1 aromatic heterocycles. The van der Waals surface area contributed by atoms with Crippen LogP contribution in [0.1, 0.15) is 24.2 Å². The van der Waals surface area contributed by atoms with Crippen molar-refractivity contribution in [3.8, 4) is 0 Å². The third-order valence-corrected chi connectivity index (χ3v) is 8.97. The van der Waals surface area contributed by atoms with Crippen LogP contribution >= 0.6 is 11.3 Å². The zero-order valence-corrected chi connectivity index (χ0v) is 21.1. The molecule has 2 aromatic carbocycles. The largest absolute Gasteiger partial charge is 0.379 e. The maximum absolute atomic E-state index is 13.6. The Hall–Kier alpha value is -2.37. The van der Waals surface area contributed by atoms with E-state index in [2.05, 4.69) is 18.7 Å². The van der Waals surface area contributed by atoms with Crippen LogP contribution in [0.15, 0.2) is 53.4 Å². The van der Waals surface area contributed by atoms with Crippen molar-refractivity contribution in [2.75, 3.05) is 57.4 Å². The number of carbonyl (C=O) groups excluding carboxylic acids is 1. The molecule has 3 aromatic rings. The third-order valence-electron chi connectivity index (χ3n) is 6.00. The molecule has 0 unspecified atom stereocenters. The Balaban J connectivity index is 1.60. The maximum atomic E-state index is 13.6. The van der Waals surface area contributed by atoms with Crippen LogP contribution in [-0.4, -0.2) is 81.0 Å². The van der Waals surface area contributed by atoms with E-state index in [9.17, 15) is 13.2 Å². The van der Waals surface area contributed by atoms with Crippen molar-refractivity contribution in [2.45, 2.75) is 18.7 Å². The lowest BCUT2D eigenvalue weighted by Crippen LogP contribution is -2.40. The lowest BCUT2D eigenvalue weighted by Gasteiger charge is -2.26. The van der Waals surface area contributed by atoms with Crippen molar-refractivity contribution >= 4 is 42.6 Å². The molecule has 182 valence electrons. The fourth-order valence-electron chi connectivity index (χ4n) is 3.90. The van der Waals surface area contributed by atoms with Gasteiger partial charge in [0.05, 0.1) is 28.3 Å². The number of thiazole rings is 1. The summed E-state index contributed by atoms with van der Waals surface area (Å²) in [4.78, 5) is 22.4. The first-order valence-corrected chi connectivity index (χ1v) is 13.8. The molecular formula is C24H30N4O4S2. The maximum Gasteiger partial charge on any atom is 0.260 e. The summed E-state index contributed by atoms with van der Waals surface area (Å²) >= 11 is 1.48. The molecule has 0 saturated carbocycles. The summed E-state index contributed by atoms with van der Waals surface area (Å²) in [5, 5.41) is 0.642. The van der Waals surface area contributed by atoms with Crippen molar-refractivity contribution in [1.82, 2.24) is 14.2 Å². The third kappa shape index (κ3) is 5.31. The van der Waals surface area contributed by atoms with Crippen LogP contribution in [0.4, 0.5) is 5.13 Å². The van der Waals surface area contributed by atoms with Gasteiger partial charge in [-0.1, -0.05) is 37.3 Å². The zero-order chi connectivity index (χ0) is 24.1. The summed E-state index contributed by atoms with van der Waals surface area (Å²) in [7, 11) is -3.61. The van der Waals surface area contributed by atoms with Crippen molar-refractivity contribution in [1.29, 1.82) is 0 Å². The first-order valence-electron chi connectivity index (χ1n) is 11.5. The molecule has 0 aliphatic carbocycles. The quantitative estimate of drug-likeness (QED) is 0.447. The Morgan fingerprint density at radius 1 is 1.03 bits per heavy atom. The van der Waals surface area contributed by atoms with Gasteiger partial charge in [-0.15, -0.1) is 0 Å². The average molecular weight is 503 g/mol. The van der Waals surface area contributed by atoms with Crippen LogP contribution in [-0.2, 0) is 14.8 Å². The highest BCUT2D eigenvalue weighted by Crippen LogP contribution is 2.30. The highest BCUT2D eigenvalue weighted by atomic mass is 32.2. The number of rotatable bonds is 9. The summed E-state index contributed by atoms with van der Waals surface area (Å²) in [6.07, 6.45) is 0. The van der Waals surface area contributed by atoms with Crippen molar-refractivity contribution in [3.63, 3.8) is 0 Å². The van der Waals surface area contributed by atoms with Gasteiger partial charge in [0, 0.05) is 31.7 Å². The molecule has 0 bridgehead atoms. The van der Waals surface area contributed by atoms with Crippen LogP contribution in [0.25, 0.3) is 10.2 Å².